The molecule has 0 aromatic heterocycles. The van der Waals surface area contributed by atoms with Gasteiger partial charge in [-0.1, -0.05) is 36.4 Å². The van der Waals surface area contributed by atoms with Gasteiger partial charge < -0.3 is 53.6 Å². The fraction of sp³-hybridized carbons (Fsp3) is 0.229. The number of fused-ring (bicyclic) bond motifs is 1. The molecule has 0 saturated heterocycles. The van der Waals surface area contributed by atoms with E-state index in [1.54, 1.807) is 42.5 Å². The minimum absolute atomic E-state index is 0.0228. The van der Waals surface area contributed by atoms with Crippen molar-refractivity contribution in [2.75, 3.05) is 61.7 Å². The molecule has 0 amide bonds. The first-order chi connectivity index (χ1) is 23.6. The number of benzene rings is 4. The average Bonchev–Trinajstić information content (AvgIpc) is 3.01. The molecule has 0 fully saturated rings. The van der Waals surface area contributed by atoms with Crippen LogP contribution in [0.5, 0.6) is 0 Å². The molecule has 4 rings (SSSR count). The highest BCUT2D eigenvalue weighted by molar-refractivity contribution is 6.04. The van der Waals surface area contributed by atoms with E-state index in [0.29, 0.717) is 22.7 Å². The third-order valence-electron chi connectivity index (χ3n) is 6.62. The minimum atomic E-state index is -0.0289. The molecule has 0 aliphatic rings. The Morgan fingerprint density at radius 3 is 1.32 bits per heavy atom. The van der Waals surface area contributed by atoms with E-state index in [2.05, 4.69) is 32.4 Å². The van der Waals surface area contributed by atoms with Gasteiger partial charge in [-0.3, -0.25) is 0 Å². The molecular weight excluding hydrogens is 630 g/mol. The third-order valence-corrected chi connectivity index (χ3v) is 6.62. The summed E-state index contributed by atoms with van der Waals surface area (Å²) < 4.78 is 0. The van der Waals surface area contributed by atoms with Crippen molar-refractivity contribution < 1.29 is 0 Å². The number of hydrogen-bond donors (Lipinski definition) is 6. The van der Waals surface area contributed by atoms with Crippen LogP contribution in [0.4, 0.5) is 34.1 Å². The highest BCUT2D eigenvalue weighted by Gasteiger charge is 2.12. The van der Waals surface area contributed by atoms with Crippen molar-refractivity contribution in [3.05, 3.63) is 84.9 Å². The van der Waals surface area contributed by atoms with Crippen LogP contribution in [0, 0.1) is 0 Å². The van der Waals surface area contributed by atoms with Crippen LogP contribution in [0.25, 0.3) is 10.8 Å². The van der Waals surface area contributed by atoms with Crippen LogP contribution in [-0.4, -0.2) is 106 Å². The molecule has 0 bridgehead atoms. The highest BCUT2D eigenvalue weighted by Crippen LogP contribution is 2.35. The van der Waals surface area contributed by atoms with Gasteiger partial charge in [0.2, 0.25) is 11.9 Å². The Kier molecular flexibility index (Phi) is 13.3. The molecule has 11 N–H and O–H groups in total. The fourth-order valence-electron chi connectivity index (χ4n) is 4.80. The second kappa shape index (κ2) is 17.6. The molecule has 0 aliphatic carbocycles. The molecule has 0 heterocycles. The van der Waals surface area contributed by atoms with Gasteiger partial charge >= 0.3 is 0 Å². The van der Waals surface area contributed by atoms with E-state index in [-0.39, 0.29) is 17.9 Å². The van der Waals surface area contributed by atoms with Crippen LogP contribution in [-0.2, 0) is 0 Å². The molecule has 15 heteroatoms. The monoisotopic (exact) mass is 679 g/mol. The minimum Gasteiger partial charge on any atom is -0.370 e. The van der Waals surface area contributed by atoms with Gasteiger partial charge in [-0.05, 0) is 53.9 Å². The van der Waals surface area contributed by atoms with Crippen LogP contribution in [0.1, 0.15) is 0 Å². The van der Waals surface area contributed by atoms with E-state index in [1.165, 1.54) is 0 Å². The second-order valence-corrected chi connectivity index (χ2v) is 11.8. The van der Waals surface area contributed by atoms with Crippen LogP contribution in [0.2, 0.25) is 0 Å². The molecule has 264 valence electrons. The highest BCUT2D eigenvalue weighted by atomic mass is 15.3. The molecule has 0 aliphatic heterocycles. The van der Waals surface area contributed by atoms with Gasteiger partial charge in [-0.15, -0.1) is 0 Å². The topological polar surface area (TPSA) is 217 Å². The summed E-state index contributed by atoms with van der Waals surface area (Å²) in [7, 11) is 16.0. The van der Waals surface area contributed by atoms with Crippen molar-refractivity contribution in [1.82, 2.24) is 19.6 Å². The van der Waals surface area contributed by atoms with Crippen molar-refractivity contribution in [2.45, 2.75) is 0 Å². The number of hydrogen-bond acceptors (Lipinski definition) is 5. The van der Waals surface area contributed by atoms with Gasteiger partial charge in [0.1, 0.15) is 0 Å². The maximum atomic E-state index is 5.91. The molecule has 0 atom stereocenters. The third kappa shape index (κ3) is 11.3. The van der Waals surface area contributed by atoms with E-state index in [1.807, 2.05) is 106 Å². The van der Waals surface area contributed by atoms with Crippen LogP contribution >= 0.6 is 0 Å². The van der Waals surface area contributed by atoms with E-state index < -0.39 is 0 Å². The van der Waals surface area contributed by atoms with E-state index in [4.69, 9.17) is 38.7 Å². The standard InChI is InChI=1S/C20H30N6.C15H19N9/c1-23(2)19(24(3)4)21-16-13-9-11-15-12-10-14-17(18(15)16)22-20(25(5)6)26(7)8;16-13(17)21-9-3-1-5-11(7-9)23-15(20)24-12-6-2-4-10(8-12)22-14(18)19/h9-14H,1-8H3;1-8H,(H4,16,17,21)(H4,18,19,22)(H3,20,23,24). The predicted octanol–water partition coefficient (Wildman–Crippen LogP) is 3.62. The summed E-state index contributed by atoms with van der Waals surface area (Å²) >= 11 is 0. The molecule has 4 aromatic carbocycles. The van der Waals surface area contributed by atoms with Gasteiger partial charge in [-0.25, -0.2) is 25.0 Å². The molecule has 0 radical (unpaired) electrons. The van der Waals surface area contributed by atoms with E-state index in [0.717, 1.165) is 34.1 Å². The second-order valence-electron chi connectivity index (χ2n) is 11.8. The first-order valence-electron chi connectivity index (χ1n) is 15.5. The number of rotatable bonds is 6. The van der Waals surface area contributed by atoms with E-state index >= 15 is 0 Å². The molecule has 15 nitrogen and oxygen atoms in total. The lowest BCUT2D eigenvalue weighted by Crippen LogP contribution is -2.35. The summed E-state index contributed by atoms with van der Waals surface area (Å²) in [5.74, 6) is 1.91. The number of guanidine groups is 5. The molecule has 4 aromatic rings. The van der Waals surface area contributed by atoms with Crippen molar-refractivity contribution in [2.24, 2.45) is 53.6 Å². The van der Waals surface area contributed by atoms with E-state index in [9.17, 15) is 0 Å². The zero-order chi connectivity index (χ0) is 37.0. The number of aliphatic imine (C=N–C) groups is 5. The van der Waals surface area contributed by atoms with Gasteiger partial charge in [0, 0.05) is 67.5 Å². The number of anilines is 1. The normalized spacial score (nSPS) is 10.5. The average molecular weight is 680 g/mol. The maximum absolute atomic E-state index is 5.91. The summed E-state index contributed by atoms with van der Waals surface area (Å²) in [6, 6.07) is 26.4. The number of nitrogens with one attached hydrogen (secondary N) is 1. The lowest BCUT2D eigenvalue weighted by atomic mass is 10.1. The lowest BCUT2D eigenvalue weighted by Gasteiger charge is -2.24. The first kappa shape index (κ1) is 37.9. The Labute approximate surface area is 294 Å². The SMILES string of the molecule is CN(C)C(=Nc1cccc2cccc(N=C(N(C)C)N(C)C)c12)N(C)C.NC(N)=Nc1cccc(N=C(N)Nc2cccc(N=C(N)N)c2)c1. The zero-order valence-electron chi connectivity index (χ0n) is 30.0. The van der Waals surface area contributed by atoms with Gasteiger partial charge in [0.05, 0.1) is 28.4 Å². The Bertz CT molecular complexity index is 1810. The summed E-state index contributed by atoms with van der Waals surface area (Å²) in [6.45, 7) is 0. The van der Waals surface area contributed by atoms with Crippen molar-refractivity contribution in [1.29, 1.82) is 0 Å². The van der Waals surface area contributed by atoms with Crippen molar-refractivity contribution in [3.8, 4) is 0 Å². The van der Waals surface area contributed by atoms with Gasteiger partial charge in [0.25, 0.3) is 0 Å². The van der Waals surface area contributed by atoms with Crippen LogP contribution in [0.3, 0.4) is 0 Å². The number of nitrogens with zero attached hydrogens (tertiary/aromatic N) is 9. The summed E-state index contributed by atoms with van der Waals surface area (Å²) in [5, 5.41) is 5.14. The predicted molar refractivity (Wildman–Crippen MR) is 212 cm³/mol. The summed E-state index contributed by atoms with van der Waals surface area (Å²) in [4.78, 5) is 30.0. The molecule has 0 unspecified atom stereocenters. The molecular formula is C35H49N15. The fourth-order valence-corrected chi connectivity index (χ4v) is 4.80. The van der Waals surface area contributed by atoms with Crippen molar-refractivity contribution in [3.63, 3.8) is 0 Å². The van der Waals surface area contributed by atoms with Crippen molar-refractivity contribution >= 4 is 74.7 Å². The summed E-state index contributed by atoms with van der Waals surface area (Å²) in [6.07, 6.45) is 0. The Balaban J connectivity index is 0.000000271. The maximum Gasteiger partial charge on any atom is 0.200 e. The lowest BCUT2D eigenvalue weighted by molar-refractivity contribution is 0.484. The Morgan fingerprint density at radius 1 is 0.480 bits per heavy atom. The molecule has 50 heavy (non-hydrogen) atoms. The van der Waals surface area contributed by atoms with Crippen LogP contribution in [0.15, 0.2) is 110 Å². The van der Waals surface area contributed by atoms with Crippen LogP contribution < -0.4 is 34.0 Å². The van der Waals surface area contributed by atoms with Gasteiger partial charge in [-0.2, -0.15) is 0 Å². The molecule has 0 spiro atoms. The smallest absolute Gasteiger partial charge is 0.200 e. The molecule has 0 saturated carbocycles. The first-order valence-corrected chi connectivity index (χ1v) is 15.5. The largest absolute Gasteiger partial charge is 0.370 e. The Morgan fingerprint density at radius 2 is 0.880 bits per heavy atom. The Hall–Kier alpha value is -6.51. The quantitative estimate of drug-likeness (QED) is 0.128. The zero-order valence-corrected chi connectivity index (χ0v) is 30.0. The van der Waals surface area contributed by atoms with Gasteiger partial charge in [0.15, 0.2) is 17.9 Å². The number of nitrogens with two attached hydrogens (primary N) is 5. The summed E-state index contributed by atoms with van der Waals surface area (Å²) in [5.41, 5.74) is 31.6.